The Bertz CT molecular complexity index is 549. The van der Waals surface area contributed by atoms with Crippen molar-refractivity contribution in [1.29, 1.82) is 0 Å². The highest BCUT2D eigenvalue weighted by molar-refractivity contribution is 9.11. The summed E-state index contributed by atoms with van der Waals surface area (Å²) in [6, 6.07) is 1.95. The standard InChI is InChI=1S/C11H11Br2N3O/c12-10-7-4-5-14-11(13)9(7)16(15-10)8-3-1-2-6-17-8/h4-5,8H,1-3,6H2. The molecule has 90 valence electrons. The smallest absolute Gasteiger partial charge is 0.151 e. The molecule has 2 aromatic heterocycles. The lowest BCUT2D eigenvalue weighted by molar-refractivity contribution is -0.0369. The first-order valence-corrected chi connectivity index (χ1v) is 7.16. The molecule has 1 unspecified atom stereocenters. The summed E-state index contributed by atoms with van der Waals surface area (Å²) in [5.41, 5.74) is 0.992. The van der Waals surface area contributed by atoms with Crippen LogP contribution < -0.4 is 0 Å². The van der Waals surface area contributed by atoms with Crippen molar-refractivity contribution >= 4 is 42.8 Å². The second-order valence-corrected chi connectivity index (χ2v) is 5.56. The highest BCUT2D eigenvalue weighted by atomic mass is 79.9. The van der Waals surface area contributed by atoms with Gasteiger partial charge in [0.25, 0.3) is 0 Å². The predicted molar refractivity (Wildman–Crippen MR) is 71.8 cm³/mol. The molecule has 0 radical (unpaired) electrons. The third-order valence-electron chi connectivity index (χ3n) is 2.95. The minimum Gasteiger partial charge on any atom is -0.356 e. The zero-order chi connectivity index (χ0) is 11.8. The van der Waals surface area contributed by atoms with E-state index in [1.165, 1.54) is 6.42 Å². The topological polar surface area (TPSA) is 39.9 Å². The maximum atomic E-state index is 5.77. The van der Waals surface area contributed by atoms with Crippen molar-refractivity contribution in [3.8, 4) is 0 Å². The normalized spacial score (nSPS) is 20.9. The number of fused-ring (bicyclic) bond motifs is 1. The van der Waals surface area contributed by atoms with Gasteiger partial charge < -0.3 is 4.74 Å². The molecule has 17 heavy (non-hydrogen) atoms. The van der Waals surface area contributed by atoms with Crippen molar-refractivity contribution in [3.05, 3.63) is 21.5 Å². The molecule has 0 spiro atoms. The Morgan fingerprint density at radius 1 is 1.29 bits per heavy atom. The number of hydrogen-bond donors (Lipinski definition) is 0. The van der Waals surface area contributed by atoms with E-state index in [2.05, 4.69) is 41.9 Å². The van der Waals surface area contributed by atoms with Crippen LogP contribution in [0.3, 0.4) is 0 Å². The largest absolute Gasteiger partial charge is 0.356 e. The quantitative estimate of drug-likeness (QED) is 0.728. The van der Waals surface area contributed by atoms with Gasteiger partial charge in [0.15, 0.2) is 6.23 Å². The fourth-order valence-electron chi connectivity index (χ4n) is 2.14. The van der Waals surface area contributed by atoms with Crippen LogP contribution in [0.5, 0.6) is 0 Å². The molecular weight excluding hydrogens is 350 g/mol. The molecule has 3 heterocycles. The number of halogens is 2. The molecule has 3 rings (SSSR count). The van der Waals surface area contributed by atoms with E-state index < -0.39 is 0 Å². The first kappa shape index (κ1) is 11.6. The second-order valence-electron chi connectivity index (χ2n) is 4.05. The molecule has 0 aliphatic carbocycles. The molecule has 0 amide bonds. The minimum absolute atomic E-state index is 0.0260. The highest BCUT2D eigenvalue weighted by Crippen LogP contribution is 2.32. The number of pyridine rings is 1. The fraction of sp³-hybridized carbons (Fsp3) is 0.455. The molecule has 0 bridgehead atoms. The second kappa shape index (κ2) is 4.66. The summed E-state index contributed by atoms with van der Waals surface area (Å²) in [5, 5.41) is 5.57. The third kappa shape index (κ3) is 2.02. The summed E-state index contributed by atoms with van der Waals surface area (Å²) in [5.74, 6) is 0. The Kier molecular flexibility index (Phi) is 3.19. The van der Waals surface area contributed by atoms with Gasteiger partial charge in [0, 0.05) is 18.2 Å². The lowest BCUT2D eigenvalue weighted by atomic mass is 10.2. The van der Waals surface area contributed by atoms with Crippen LogP contribution in [0.4, 0.5) is 0 Å². The van der Waals surface area contributed by atoms with Gasteiger partial charge in [0.1, 0.15) is 14.7 Å². The van der Waals surface area contributed by atoms with Crippen molar-refractivity contribution < 1.29 is 4.74 Å². The number of rotatable bonds is 1. The number of ether oxygens (including phenoxy) is 1. The van der Waals surface area contributed by atoms with Crippen molar-refractivity contribution in [2.45, 2.75) is 25.5 Å². The van der Waals surface area contributed by atoms with E-state index in [1.54, 1.807) is 6.20 Å². The minimum atomic E-state index is 0.0260. The van der Waals surface area contributed by atoms with Crippen molar-refractivity contribution in [1.82, 2.24) is 14.8 Å². The van der Waals surface area contributed by atoms with Gasteiger partial charge >= 0.3 is 0 Å². The van der Waals surface area contributed by atoms with Crippen LogP contribution in [-0.4, -0.2) is 21.4 Å². The van der Waals surface area contributed by atoms with E-state index in [4.69, 9.17) is 4.74 Å². The fourth-order valence-corrected chi connectivity index (χ4v) is 3.14. The number of hydrogen-bond acceptors (Lipinski definition) is 3. The van der Waals surface area contributed by atoms with Gasteiger partial charge in [-0.1, -0.05) is 0 Å². The van der Waals surface area contributed by atoms with Gasteiger partial charge in [-0.2, -0.15) is 5.10 Å². The van der Waals surface area contributed by atoms with Gasteiger partial charge in [-0.15, -0.1) is 0 Å². The van der Waals surface area contributed by atoms with E-state index in [9.17, 15) is 0 Å². The van der Waals surface area contributed by atoms with Crippen LogP contribution in [0.25, 0.3) is 10.9 Å². The van der Waals surface area contributed by atoms with E-state index in [-0.39, 0.29) is 6.23 Å². The molecular formula is C11H11Br2N3O. The van der Waals surface area contributed by atoms with Crippen LogP contribution in [0.2, 0.25) is 0 Å². The Morgan fingerprint density at radius 3 is 2.94 bits per heavy atom. The number of nitrogens with zero attached hydrogens (tertiary/aromatic N) is 3. The predicted octanol–water partition coefficient (Wildman–Crippen LogP) is 3.66. The van der Waals surface area contributed by atoms with Crippen molar-refractivity contribution in [3.63, 3.8) is 0 Å². The van der Waals surface area contributed by atoms with E-state index >= 15 is 0 Å². The zero-order valence-electron chi connectivity index (χ0n) is 9.07. The maximum absolute atomic E-state index is 5.77. The summed E-state index contributed by atoms with van der Waals surface area (Å²) < 4.78 is 9.34. The molecule has 1 saturated heterocycles. The molecule has 1 aliphatic heterocycles. The lowest BCUT2D eigenvalue weighted by Crippen LogP contribution is -2.19. The van der Waals surface area contributed by atoms with Crippen LogP contribution in [0.1, 0.15) is 25.5 Å². The van der Waals surface area contributed by atoms with Gasteiger partial charge in [0.05, 0.1) is 0 Å². The maximum Gasteiger partial charge on any atom is 0.151 e. The molecule has 2 aromatic rings. The molecule has 1 atom stereocenters. The van der Waals surface area contributed by atoms with Crippen LogP contribution in [0.15, 0.2) is 21.5 Å². The molecule has 6 heteroatoms. The summed E-state index contributed by atoms with van der Waals surface area (Å²) in [6.07, 6.45) is 5.12. The Morgan fingerprint density at radius 2 is 2.18 bits per heavy atom. The average molecular weight is 361 g/mol. The van der Waals surface area contributed by atoms with E-state index in [1.807, 2.05) is 10.7 Å². The molecule has 0 saturated carbocycles. The molecule has 1 aliphatic rings. The first-order valence-electron chi connectivity index (χ1n) is 5.57. The molecule has 0 N–H and O–H groups in total. The van der Waals surface area contributed by atoms with Crippen molar-refractivity contribution in [2.75, 3.05) is 6.61 Å². The van der Waals surface area contributed by atoms with Gasteiger partial charge in [-0.3, -0.25) is 0 Å². The summed E-state index contributed by atoms with van der Waals surface area (Å²) >= 11 is 6.96. The summed E-state index contributed by atoms with van der Waals surface area (Å²) in [4.78, 5) is 4.26. The Balaban J connectivity index is 2.15. The van der Waals surface area contributed by atoms with Crippen LogP contribution in [-0.2, 0) is 4.74 Å². The zero-order valence-corrected chi connectivity index (χ0v) is 12.2. The summed E-state index contributed by atoms with van der Waals surface area (Å²) in [7, 11) is 0. The molecule has 0 aromatic carbocycles. The molecule has 4 nitrogen and oxygen atoms in total. The van der Waals surface area contributed by atoms with Gasteiger partial charge in [-0.05, 0) is 57.2 Å². The lowest BCUT2D eigenvalue weighted by Gasteiger charge is -2.23. The van der Waals surface area contributed by atoms with Crippen LogP contribution in [0, 0.1) is 0 Å². The molecule has 1 fully saturated rings. The monoisotopic (exact) mass is 359 g/mol. The first-order chi connectivity index (χ1) is 8.27. The van der Waals surface area contributed by atoms with Crippen LogP contribution >= 0.6 is 31.9 Å². The third-order valence-corrected chi connectivity index (χ3v) is 4.12. The average Bonchev–Trinajstić information content (AvgIpc) is 2.70. The Hall–Kier alpha value is -0.460. The Labute approximate surface area is 116 Å². The van der Waals surface area contributed by atoms with E-state index in [0.717, 1.165) is 39.6 Å². The highest BCUT2D eigenvalue weighted by Gasteiger charge is 2.21. The SMILES string of the molecule is Brc1nn(C2CCCCO2)c2c(Br)nccc12. The van der Waals surface area contributed by atoms with Gasteiger partial charge in [-0.25, -0.2) is 9.67 Å². The van der Waals surface area contributed by atoms with Crippen molar-refractivity contribution in [2.24, 2.45) is 0 Å². The number of aromatic nitrogens is 3. The summed E-state index contributed by atoms with van der Waals surface area (Å²) in [6.45, 7) is 0.807. The van der Waals surface area contributed by atoms with E-state index in [0.29, 0.717) is 0 Å². The van der Waals surface area contributed by atoms with Gasteiger partial charge in [0.2, 0.25) is 0 Å².